The fourth-order valence-corrected chi connectivity index (χ4v) is 5.87. The molecule has 9 nitrogen and oxygen atoms in total. The SMILES string of the molecule is Cn1ccnc1Sc1ccc(Nc2c(C#N)cnc3cc(-c4ccc(CN5CCN(O)CC5)cn4)ccc23)cc1Cl. The Labute approximate surface area is 247 Å². The maximum Gasteiger partial charge on any atom is 0.172 e. The van der Waals surface area contributed by atoms with E-state index in [0.29, 0.717) is 29.4 Å². The number of rotatable bonds is 7. The third-order valence-electron chi connectivity index (χ3n) is 7.04. The van der Waals surface area contributed by atoms with Crippen molar-refractivity contribution in [2.75, 3.05) is 31.5 Å². The van der Waals surface area contributed by atoms with Crippen molar-refractivity contribution in [3.05, 3.63) is 89.5 Å². The van der Waals surface area contributed by atoms with Crippen LogP contribution in [0.1, 0.15) is 11.1 Å². The fourth-order valence-electron chi connectivity index (χ4n) is 4.77. The molecule has 6 rings (SSSR count). The molecule has 0 atom stereocenters. The van der Waals surface area contributed by atoms with Crippen LogP contribution in [0.3, 0.4) is 0 Å². The molecule has 0 aliphatic carbocycles. The first-order valence-electron chi connectivity index (χ1n) is 13.1. The van der Waals surface area contributed by atoms with Crippen LogP contribution in [-0.2, 0) is 13.6 Å². The highest BCUT2D eigenvalue weighted by atomic mass is 35.5. The Morgan fingerprint density at radius 2 is 1.88 bits per heavy atom. The number of pyridine rings is 2. The highest BCUT2D eigenvalue weighted by molar-refractivity contribution is 7.99. The van der Waals surface area contributed by atoms with Crippen molar-refractivity contribution < 1.29 is 5.21 Å². The summed E-state index contributed by atoms with van der Waals surface area (Å²) in [5.74, 6) is 0. The first-order chi connectivity index (χ1) is 20.0. The van der Waals surface area contributed by atoms with Crippen LogP contribution in [0.4, 0.5) is 11.4 Å². The van der Waals surface area contributed by atoms with Crippen LogP contribution in [0, 0.1) is 11.3 Å². The molecular formula is C30H27ClN8OS. The van der Waals surface area contributed by atoms with Gasteiger partial charge in [0.25, 0.3) is 0 Å². The van der Waals surface area contributed by atoms with Crippen molar-refractivity contribution in [2.24, 2.45) is 7.05 Å². The summed E-state index contributed by atoms with van der Waals surface area (Å²) >= 11 is 8.11. The van der Waals surface area contributed by atoms with Crippen LogP contribution in [0.15, 0.2) is 83.4 Å². The number of hydrogen-bond donors (Lipinski definition) is 2. The molecule has 0 spiro atoms. The second-order valence-corrected chi connectivity index (χ2v) is 11.3. The largest absolute Gasteiger partial charge is 0.354 e. The number of hydrogen-bond acceptors (Lipinski definition) is 9. The van der Waals surface area contributed by atoms with E-state index in [2.05, 4.69) is 32.3 Å². The molecule has 0 amide bonds. The Bertz CT molecular complexity index is 1740. The van der Waals surface area contributed by atoms with E-state index in [1.165, 1.54) is 16.8 Å². The Morgan fingerprint density at radius 3 is 2.59 bits per heavy atom. The summed E-state index contributed by atoms with van der Waals surface area (Å²) in [4.78, 5) is 16.8. The van der Waals surface area contributed by atoms with E-state index in [1.54, 1.807) is 12.4 Å². The molecule has 5 aromatic rings. The summed E-state index contributed by atoms with van der Waals surface area (Å²) in [5.41, 5.74) is 5.57. The number of imidazole rings is 1. The van der Waals surface area contributed by atoms with Gasteiger partial charge in [-0.25, -0.2) is 4.98 Å². The lowest BCUT2D eigenvalue weighted by molar-refractivity contribution is -0.118. The number of halogens is 1. The van der Waals surface area contributed by atoms with E-state index in [4.69, 9.17) is 16.6 Å². The minimum absolute atomic E-state index is 0.442. The molecule has 0 saturated carbocycles. The molecule has 2 aromatic carbocycles. The number of nitriles is 1. The van der Waals surface area contributed by atoms with E-state index in [-0.39, 0.29) is 0 Å². The zero-order chi connectivity index (χ0) is 28.3. The van der Waals surface area contributed by atoms with E-state index in [1.807, 2.05) is 66.5 Å². The minimum Gasteiger partial charge on any atom is -0.354 e. The number of aryl methyl sites for hydroxylation is 1. The average Bonchev–Trinajstić information content (AvgIpc) is 3.40. The van der Waals surface area contributed by atoms with Gasteiger partial charge < -0.3 is 15.1 Å². The smallest absolute Gasteiger partial charge is 0.172 e. The van der Waals surface area contributed by atoms with Crippen molar-refractivity contribution in [1.82, 2.24) is 29.5 Å². The van der Waals surface area contributed by atoms with Crippen molar-refractivity contribution in [2.45, 2.75) is 16.6 Å². The molecule has 0 bridgehead atoms. The van der Waals surface area contributed by atoms with Gasteiger partial charge in [0.15, 0.2) is 5.16 Å². The summed E-state index contributed by atoms with van der Waals surface area (Å²) < 4.78 is 1.94. The minimum atomic E-state index is 0.442. The molecule has 1 fully saturated rings. The van der Waals surface area contributed by atoms with E-state index in [9.17, 15) is 10.5 Å². The van der Waals surface area contributed by atoms with Gasteiger partial charge in [0.05, 0.1) is 27.5 Å². The third-order valence-corrected chi connectivity index (χ3v) is 8.62. The molecule has 1 saturated heterocycles. The van der Waals surface area contributed by atoms with Gasteiger partial charge in [0.1, 0.15) is 6.07 Å². The zero-order valence-corrected chi connectivity index (χ0v) is 23.9. The Balaban J connectivity index is 1.22. The molecule has 41 heavy (non-hydrogen) atoms. The maximum absolute atomic E-state index is 9.82. The van der Waals surface area contributed by atoms with Crippen molar-refractivity contribution in [3.63, 3.8) is 0 Å². The normalized spacial score (nSPS) is 14.3. The number of aromatic nitrogens is 4. The monoisotopic (exact) mass is 582 g/mol. The number of hydroxylamine groups is 2. The van der Waals surface area contributed by atoms with Crippen LogP contribution in [0.2, 0.25) is 5.02 Å². The van der Waals surface area contributed by atoms with Gasteiger partial charge in [0.2, 0.25) is 0 Å². The van der Waals surface area contributed by atoms with Crippen LogP contribution < -0.4 is 5.32 Å². The first-order valence-corrected chi connectivity index (χ1v) is 14.3. The van der Waals surface area contributed by atoms with Crippen molar-refractivity contribution >= 4 is 45.6 Å². The standard InChI is InChI=1S/C30H27ClN8OS/c1-37-9-8-33-30(37)41-28-7-4-23(15-25(28)31)36-29-22(16-32)18-35-27-14-21(3-5-24(27)29)26-6-2-20(17-34-26)19-38-10-12-39(40)13-11-38/h2-9,14-15,17-18,40H,10-13,19H2,1H3,(H,35,36). The van der Waals surface area contributed by atoms with Gasteiger partial charge in [-0.1, -0.05) is 35.5 Å². The topological polar surface area (TPSA) is 106 Å². The van der Waals surface area contributed by atoms with E-state index < -0.39 is 0 Å². The molecule has 0 radical (unpaired) electrons. The molecule has 0 unspecified atom stereocenters. The number of nitrogens with zero attached hydrogens (tertiary/aromatic N) is 7. The highest BCUT2D eigenvalue weighted by Gasteiger charge is 2.16. The summed E-state index contributed by atoms with van der Waals surface area (Å²) in [6, 6.07) is 18.1. The molecule has 11 heteroatoms. The van der Waals surface area contributed by atoms with Crippen molar-refractivity contribution in [3.8, 4) is 17.3 Å². The summed E-state index contributed by atoms with van der Waals surface area (Å²) in [6.07, 6.45) is 7.14. The lowest BCUT2D eigenvalue weighted by Crippen LogP contribution is -2.44. The fraction of sp³-hybridized carbons (Fsp3) is 0.200. The quantitative estimate of drug-likeness (QED) is 0.240. The van der Waals surface area contributed by atoms with Gasteiger partial charge in [0, 0.05) is 86.1 Å². The first kappa shape index (κ1) is 27.2. The lowest BCUT2D eigenvalue weighted by Gasteiger charge is -2.30. The molecular weight excluding hydrogens is 556 g/mol. The number of anilines is 2. The van der Waals surface area contributed by atoms with Crippen LogP contribution in [0.25, 0.3) is 22.2 Å². The van der Waals surface area contributed by atoms with Gasteiger partial charge in [-0.15, -0.1) is 0 Å². The molecule has 1 aliphatic rings. The van der Waals surface area contributed by atoms with Crippen molar-refractivity contribution in [1.29, 1.82) is 5.26 Å². The molecule has 3 aromatic heterocycles. The molecule has 2 N–H and O–H groups in total. The summed E-state index contributed by atoms with van der Waals surface area (Å²) in [5, 5.41) is 26.4. The summed E-state index contributed by atoms with van der Waals surface area (Å²) in [6.45, 7) is 3.78. The van der Waals surface area contributed by atoms with E-state index >= 15 is 0 Å². The van der Waals surface area contributed by atoms with Crippen LogP contribution in [0.5, 0.6) is 0 Å². The Hall–Kier alpha value is -3.98. The van der Waals surface area contributed by atoms with E-state index in [0.717, 1.165) is 63.1 Å². The Kier molecular flexibility index (Phi) is 7.87. The van der Waals surface area contributed by atoms with Gasteiger partial charge in [-0.2, -0.15) is 10.3 Å². The maximum atomic E-state index is 9.82. The number of fused-ring (bicyclic) bond motifs is 1. The predicted octanol–water partition coefficient (Wildman–Crippen LogP) is 5.96. The summed E-state index contributed by atoms with van der Waals surface area (Å²) in [7, 11) is 1.94. The molecule has 4 heterocycles. The number of benzene rings is 2. The lowest BCUT2D eigenvalue weighted by atomic mass is 10.0. The number of piperazine rings is 1. The number of nitrogens with one attached hydrogen (secondary N) is 1. The predicted molar refractivity (Wildman–Crippen MR) is 160 cm³/mol. The second kappa shape index (κ2) is 11.9. The third kappa shape index (κ3) is 6.05. The average molecular weight is 583 g/mol. The van der Waals surface area contributed by atoms with Crippen LogP contribution in [-0.4, -0.2) is 60.9 Å². The van der Waals surface area contributed by atoms with Crippen LogP contribution >= 0.6 is 23.4 Å². The van der Waals surface area contributed by atoms with Gasteiger partial charge in [-0.3, -0.25) is 14.9 Å². The zero-order valence-electron chi connectivity index (χ0n) is 22.3. The highest BCUT2D eigenvalue weighted by Crippen LogP contribution is 2.36. The Morgan fingerprint density at radius 1 is 1.02 bits per heavy atom. The molecule has 206 valence electrons. The second-order valence-electron chi connectivity index (χ2n) is 9.87. The van der Waals surface area contributed by atoms with Gasteiger partial charge in [-0.05, 0) is 42.0 Å². The van der Waals surface area contributed by atoms with Gasteiger partial charge >= 0.3 is 0 Å². The molecule has 1 aliphatic heterocycles.